The number of amides is 1. The van der Waals surface area contributed by atoms with Gasteiger partial charge in [0.2, 0.25) is 5.43 Å². The van der Waals surface area contributed by atoms with Crippen molar-refractivity contribution in [1.29, 1.82) is 0 Å². The number of hydrogen-bond donors (Lipinski definition) is 1. The number of hydrogen-bond acceptors (Lipinski definition) is 6. The number of anilines is 3. The van der Waals surface area contributed by atoms with Gasteiger partial charge in [0.1, 0.15) is 17.5 Å². The van der Waals surface area contributed by atoms with Crippen LogP contribution >= 0.6 is 15.9 Å². The lowest BCUT2D eigenvalue weighted by molar-refractivity contribution is 0.0694. The first-order valence-electron chi connectivity index (χ1n) is 16.4. The summed E-state index contributed by atoms with van der Waals surface area (Å²) >= 11 is 3.53. The maximum absolute atomic E-state index is 15.7. The lowest BCUT2D eigenvalue weighted by Gasteiger charge is -2.48. The van der Waals surface area contributed by atoms with Gasteiger partial charge in [0, 0.05) is 54.0 Å². The zero-order chi connectivity index (χ0) is 33.8. The summed E-state index contributed by atoms with van der Waals surface area (Å²) in [6.45, 7) is 2.90. The highest BCUT2D eigenvalue weighted by Gasteiger charge is 2.40. The molecule has 4 aromatic carbocycles. The third kappa shape index (κ3) is 5.66. The molecule has 1 aromatic heterocycles. The highest BCUT2D eigenvalue weighted by atomic mass is 79.9. The van der Waals surface area contributed by atoms with E-state index in [4.69, 9.17) is 0 Å². The van der Waals surface area contributed by atoms with E-state index in [0.29, 0.717) is 49.6 Å². The number of rotatable bonds is 7. The zero-order valence-electron chi connectivity index (χ0n) is 26.5. The Balaban J connectivity index is 1.10. The minimum atomic E-state index is -1.31. The third-order valence-electron chi connectivity index (χ3n) is 9.74. The molecule has 5 aromatic rings. The molecule has 2 fully saturated rings. The summed E-state index contributed by atoms with van der Waals surface area (Å²) < 4.78 is 18.5. The second-order valence-electron chi connectivity index (χ2n) is 12.8. The summed E-state index contributed by atoms with van der Waals surface area (Å²) in [5.74, 6) is -1.92. The van der Waals surface area contributed by atoms with Crippen LogP contribution in [-0.4, -0.2) is 59.3 Å². The fraction of sp³-hybridized carbons (Fsp3) is 0.237. The smallest absolute Gasteiger partial charge is 0.341 e. The van der Waals surface area contributed by atoms with Crippen LogP contribution in [0.5, 0.6) is 0 Å². The number of aromatic nitrogens is 1. The fourth-order valence-corrected chi connectivity index (χ4v) is 7.40. The molecule has 0 spiro atoms. The first-order valence-corrected chi connectivity index (χ1v) is 17.2. The Morgan fingerprint density at radius 1 is 0.857 bits per heavy atom. The Bertz CT molecular complexity index is 2150. The van der Waals surface area contributed by atoms with Gasteiger partial charge in [-0.3, -0.25) is 19.4 Å². The molecule has 11 heteroatoms. The average Bonchev–Trinajstić information content (AvgIpc) is 3.96. The van der Waals surface area contributed by atoms with Gasteiger partial charge in [0.15, 0.2) is 0 Å². The predicted molar refractivity (Wildman–Crippen MR) is 191 cm³/mol. The van der Waals surface area contributed by atoms with Gasteiger partial charge in [0.05, 0.1) is 29.1 Å². The minimum Gasteiger partial charge on any atom is -0.477 e. The molecular formula is C38H33BrFN5O4. The zero-order valence-corrected chi connectivity index (χ0v) is 28.1. The molecule has 0 bridgehead atoms. The normalized spacial score (nSPS) is 18.2. The van der Waals surface area contributed by atoms with Crippen LogP contribution in [0.1, 0.15) is 51.3 Å². The Morgan fingerprint density at radius 3 is 2.24 bits per heavy atom. The van der Waals surface area contributed by atoms with E-state index in [1.807, 2.05) is 93.2 Å². The number of fused-ring (bicyclic) bond motifs is 2. The molecule has 3 aliphatic rings. The van der Waals surface area contributed by atoms with E-state index in [1.165, 1.54) is 12.3 Å². The van der Waals surface area contributed by atoms with Crippen LogP contribution in [-0.2, 0) is 0 Å². The summed E-state index contributed by atoms with van der Waals surface area (Å²) in [6, 6.07) is 28.5. The number of carboxylic acids is 1. The molecular weight excluding hydrogens is 689 g/mol. The topological polar surface area (TPSA) is 89.3 Å². The van der Waals surface area contributed by atoms with Crippen LogP contribution < -0.4 is 20.1 Å². The number of carbonyl (C=O) groups is 2. The molecule has 1 amide bonds. The number of nitrogens with zero attached hydrogens (tertiary/aromatic N) is 5. The number of benzene rings is 4. The molecule has 3 heterocycles. The van der Waals surface area contributed by atoms with E-state index >= 15 is 4.39 Å². The van der Waals surface area contributed by atoms with Gasteiger partial charge < -0.3 is 19.5 Å². The second-order valence-corrected chi connectivity index (χ2v) is 13.7. The van der Waals surface area contributed by atoms with Crippen LogP contribution in [0, 0.1) is 5.82 Å². The van der Waals surface area contributed by atoms with Crippen molar-refractivity contribution < 1.29 is 19.1 Å². The summed E-state index contributed by atoms with van der Waals surface area (Å²) in [5.41, 5.74) is 3.22. The molecule has 1 unspecified atom stereocenters. The summed E-state index contributed by atoms with van der Waals surface area (Å²) in [4.78, 5) is 47.4. The summed E-state index contributed by atoms with van der Waals surface area (Å²) in [6.07, 6.45) is 2.77. The van der Waals surface area contributed by atoms with Crippen LogP contribution in [0.2, 0.25) is 0 Å². The van der Waals surface area contributed by atoms with Gasteiger partial charge in [-0.25, -0.2) is 9.18 Å². The third-order valence-corrected chi connectivity index (χ3v) is 10.3. The monoisotopic (exact) mass is 721 g/mol. The van der Waals surface area contributed by atoms with Crippen LogP contribution in [0.15, 0.2) is 106 Å². The van der Waals surface area contributed by atoms with Crippen molar-refractivity contribution in [3.63, 3.8) is 0 Å². The average molecular weight is 723 g/mol. The molecule has 1 aliphatic carbocycles. The summed E-state index contributed by atoms with van der Waals surface area (Å²) in [5, 5.41) is 9.70. The van der Waals surface area contributed by atoms with Gasteiger partial charge in [-0.05, 0) is 66.9 Å². The largest absolute Gasteiger partial charge is 0.477 e. The number of halogens is 2. The lowest BCUT2D eigenvalue weighted by atomic mass is 10.0. The quantitative estimate of drug-likeness (QED) is 0.196. The van der Waals surface area contributed by atoms with Crippen molar-refractivity contribution in [2.75, 3.05) is 47.5 Å². The number of pyridine rings is 1. The van der Waals surface area contributed by atoms with Gasteiger partial charge in [0.25, 0.3) is 5.91 Å². The number of piperazine rings is 1. The van der Waals surface area contributed by atoms with Gasteiger partial charge in [-0.1, -0.05) is 58.4 Å². The van der Waals surface area contributed by atoms with Gasteiger partial charge in [-0.2, -0.15) is 0 Å². The molecule has 1 saturated heterocycles. The molecule has 2 aliphatic heterocycles. The maximum atomic E-state index is 15.7. The van der Waals surface area contributed by atoms with E-state index < -0.39 is 23.4 Å². The molecule has 9 nitrogen and oxygen atoms in total. The maximum Gasteiger partial charge on any atom is 0.341 e. The molecule has 49 heavy (non-hydrogen) atoms. The standard InChI is InChI=1S/C38H33BrFN5O4/c39-25-10-12-27(13-11-25)45-36(24-6-2-1-3-7-24)44(32-9-5-4-8-28(32)37(45)47)23-41-16-18-42(19-17-41)34-21-33-29(20-31(34)40)35(46)30(38(48)49)22-43(33)26-14-15-26/h1-13,20-22,26,36H,14-19,23H2,(H,48,49). The van der Waals surface area contributed by atoms with E-state index in [-0.39, 0.29) is 22.9 Å². The van der Waals surface area contributed by atoms with Crippen molar-refractivity contribution in [2.24, 2.45) is 0 Å². The van der Waals surface area contributed by atoms with Gasteiger partial charge in [-0.15, -0.1) is 0 Å². The van der Waals surface area contributed by atoms with Crippen LogP contribution in [0.25, 0.3) is 10.9 Å². The molecule has 1 atom stereocenters. The van der Waals surface area contributed by atoms with Crippen molar-refractivity contribution in [2.45, 2.75) is 25.0 Å². The fourth-order valence-electron chi connectivity index (χ4n) is 7.14. The first kappa shape index (κ1) is 31.3. The Labute approximate surface area is 290 Å². The molecule has 1 N–H and O–H groups in total. The SMILES string of the molecule is O=C(O)c1cn(C2CC2)c2cc(N3CCN(CN4c5ccccc5C(=O)N(c5ccc(Br)cc5)C4c4ccccc4)CC3)c(F)cc2c1=O. The lowest BCUT2D eigenvalue weighted by Crippen LogP contribution is -2.56. The molecule has 248 valence electrons. The van der Waals surface area contributed by atoms with Crippen molar-refractivity contribution in [3.8, 4) is 0 Å². The Morgan fingerprint density at radius 2 is 1.55 bits per heavy atom. The van der Waals surface area contributed by atoms with E-state index in [2.05, 4.69) is 25.7 Å². The second kappa shape index (κ2) is 12.5. The van der Waals surface area contributed by atoms with Crippen molar-refractivity contribution in [1.82, 2.24) is 9.47 Å². The Kier molecular flexibility index (Phi) is 7.96. The van der Waals surface area contributed by atoms with Crippen molar-refractivity contribution in [3.05, 3.63) is 134 Å². The highest BCUT2D eigenvalue weighted by molar-refractivity contribution is 9.10. The Hall–Kier alpha value is -5.00. The van der Waals surface area contributed by atoms with Crippen LogP contribution in [0.3, 0.4) is 0 Å². The summed E-state index contributed by atoms with van der Waals surface area (Å²) in [7, 11) is 0. The van der Waals surface area contributed by atoms with E-state index in [9.17, 15) is 19.5 Å². The highest BCUT2D eigenvalue weighted by Crippen LogP contribution is 2.42. The first-order chi connectivity index (χ1) is 23.8. The van der Waals surface area contributed by atoms with Crippen LogP contribution in [0.4, 0.5) is 21.5 Å². The van der Waals surface area contributed by atoms with Crippen molar-refractivity contribution >= 4 is 55.8 Å². The molecule has 8 rings (SSSR count). The minimum absolute atomic E-state index is 0.0697. The molecule has 0 radical (unpaired) electrons. The van der Waals surface area contributed by atoms with E-state index in [1.54, 1.807) is 6.07 Å². The number of para-hydroxylation sites is 1. The van der Waals surface area contributed by atoms with E-state index in [0.717, 1.165) is 34.3 Å². The number of carboxylic acid groups (broad SMARTS) is 1. The number of carbonyl (C=O) groups excluding carboxylic acids is 1. The predicted octanol–water partition coefficient (Wildman–Crippen LogP) is 6.88. The number of aromatic carboxylic acids is 1. The molecule has 1 saturated carbocycles. The van der Waals surface area contributed by atoms with Gasteiger partial charge >= 0.3 is 5.97 Å².